The zero-order valence-electron chi connectivity index (χ0n) is 11.4. The minimum atomic E-state index is 0.263. The second-order valence-electron chi connectivity index (χ2n) is 5.92. The van der Waals surface area contributed by atoms with Gasteiger partial charge in [-0.15, -0.1) is 0 Å². The van der Waals surface area contributed by atoms with Crippen LogP contribution in [0.2, 0.25) is 0 Å². The maximum Gasteiger partial charge on any atom is 0.177 e. The third kappa shape index (κ3) is 1.93. The first-order valence-corrected chi connectivity index (χ1v) is 8.14. The maximum atomic E-state index is 6.14. The Morgan fingerprint density at radius 1 is 1.25 bits per heavy atom. The number of nitrogens with two attached hydrogens (primary N) is 1. The molecule has 1 unspecified atom stereocenters. The minimum Gasteiger partial charge on any atom is -0.327 e. The largest absolute Gasteiger partial charge is 0.327 e. The average Bonchev–Trinajstić information content (AvgIpc) is 3.02. The van der Waals surface area contributed by atoms with Crippen LogP contribution in [0, 0.1) is 0 Å². The molecule has 2 aromatic rings. The Bertz CT molecular complexity index is 675. The first-order valence-electron chi connectivity index (χ1n) is 7.35. The summed E-state index contributed by atoms with van der Waals surface area (Å²) in [6, 6.07) is 7.09. The van der Waals surface area contributed by atoms with Crippen molar-refractivity contribution in [2.24, 2.45) is 5.73 Å². The molecule has 1 aliphatic carbocycles. The van der Waals surface area contributed by atoms with Gasteiger partial charge in [0.25, 0.3) is 0 Å². The Hall–Kier alpha value is -1.13. The van der Waals surface area contributed by atoms with E-state index in [0.29, 0.717) is 0 Å². The second-order valence-corrected chi connectivity index (χ2v) is 6.63. The van der Waals surface area contributed by atoms with Gasteiger partial charge in [-0.05, 0) is 58.8 Å². The van der Waals surface area contributed by atoms with Crippen molar-refractivity contribution in [1.29, 1.82) is 0 Å². The highest BCUT2D eigenvalue weighted by Gasteiger charge is 2.24. The summed E-state index contributed by atoms with van der Waals surface area (Å²) in [5.74, 6) is 0. The zero-order valence-corrected chi connectivity index (χ0v) is 13.0. The van der Waals surface area contributed by atoms with Crippen molar-refractivity contribution in [3.8, 4) is 11.3 Å². The van der Waals surface area contributed by atoms with Crippen LogP contribution in [0.5, 0.6) is 0 Å². The van der Waals surface area contributed by atoms with Gasteiger partial charge in [-0.25, -0.2) is 4.98 Å². The first-order chi connectivity index (χ1) is 9.72. The Morgan fingerprint density at radius 2 is 2.10 bits per heavy atom. The summed E-state index contributed by atoms with van der Waals surface area (Å²) >= 11 is 3.59. The minimum absolute atomic E-state index is 0.263. The van der Waals surface area contributed by atoms with E-state index in [1.807, 2.05) is 0 Å². The average molecular weight is 332 g/mol. The first kappa shape index (κ1) is 12.6. The highest BCUT2D eigenvalue weighted by molar-refractivity contribution is 9.10. The van der Waals surface area contributed by atoms with E-state index in [1.165, 1.54) is 41.6 Å². The molecule has 2 aliphatic rings. The van der Waals surface area contributed by atoms with E-state index >= 15 is 0 Å². The monoisotopic (exact) mass is 331 g/mol. The van der Waals surface area contributed by atoms with Crippen LogP contribution >= 0.6 is 15.9 Å². The molecule has 1 atom stereocenters. The standard InChI is InChI=1S/C16H18BrN3/c17-16-19-15(14-9-13(18)6-7-20(14)16)12-5-4-10-2-1-3-11(10)8-12/h4-5,8,13H,1-3,6-7,9,18H2. The molecule has 0 amide bonds. The Morgan fingerprint density at radius 3 is 3.00 bits per heavy atom. The van der Waals surface area contributed by atoms with Gasteiger partial charge in [0, 0.05) is 30.3 Å². The van der Waals surface area contributed by atoms with Crippen LogP contribution in [0.1, 0.15) is 29.7 Å². The molecule has 3 nitrogen and oxygen atoms in total. The van der Waals surface area contributed by atoms with Crippen molar-refractivity contribution >= 4 is 15.9 Å². The molecular weight excluding hydrogens is 314 g/mol. The number of hydrogen-bond acceptors (Lipinski definition) is 2. The van der Waals surface area contributed by atoms with Gasteiger partial charge in [-0.1, -0.05) is 12.1 Å². The van der Waals surface area contributed by atoms with Gasteiger partial charge in [-0.2, -0.15) is 0 Å². The van der Waals surface area contributed by atoms with E-state index in [9.17, 15) is 0 Å². The van der Waals surface area contributed by atoms with E-state index in [0.717, 1.165) is 29.8 Å². The number of nitrogens with zero attached hydrogens (tertiary/aromatic N) is 2. The van der Waals surface area contributed by atoms with Crippen molar-refractivity contribution in [2.45, 2.75) is 44.7 Å². The molecule has 2 N–H and O–H groups in total. The summed E-state index contributed by atoms with van der Waals surface area (Å²) in [5.41, 5.74) is 12.8. The lowest BCUT2D eigenvalue weighted by Crippen LogP contribution is -2.30. The summed E-state index contributed by atoms with van der Waals surface area (Å²) in [5, 5.41) is 0. The molecule has 1 aromatic carbocycles. The third-order valence-corrected chi connectivity index (χ3v) is 5.18. The summed E-state index contributed by atoms with van der Waals surface area (Å²) in [4.78, 5) is 4.75. The van der Waals surface area contributed by atoms with Crippen LogP contribution < -0.4 is 5.73 Å². The molecule has 104 valence electrons. The molecule has 0 spiro atoms. The SMILES string of the molecule is NC1CCn2c(Br)nc(-c3ccc4c(c3)CCC4)c2C1. The molecule has 4 rings (SSSR count). The highest BCUT2D eigenvalue weighted by Crippen LogP contribution is 2.33. The fourth-order valence-corrected chi connectivity index (χ4v) is 4.05. The molecule has 0 radical (unpaired) electrons. The van der Waals surface area contributed by atoms with E-state index in [1.54, 1.807) is 0 Å². The molecule has 0 bridgehead atoms. The van der Waals surface area contributed by atoms with Crippen molar-refractivity contribution in [3.63, 3.8) is 0 Å². The number of benzene rings is 1. The quantitative estimate of drug-likeness (QED) is 0.872. The maximum absolute atomic E-state index is 6.14. The topological polar surface area (TPSA) is 43.8 Å². The van der Waals surface area contributed by atoms with Crippen molar-refractivity contribution in [3.05, 3.63) is 39.8 Å². The van der Waals surface area contributed by atoms with Crippen LogP contribution in [0.3, 0.4) is 0 Å². The van der Waals surface area contributed by atoms with Crippen molar-refractivity contribution < 1.29 is 0 Å². The van der Waals surface area contributed by atoms with Gasteiger partial charge in [0.15, 0.2) is 4.73 Å². The normalized spacial score (nSPS) is 20.8. The molecule has 0 fully saturated rings. The number of aryl methyl sites for hydroxylation is 2. The molecule has 0 saturated heterocycles. The number of fused-ring (bicyclic) bond motifs is 2. The molecule has 20 heavy (non-hydrogen) atoms. The summed E-state index contributed by atoms with van der Waals surface area (Å²) < 4.78 is 3.21. The predicted molar refractivity (Wildman–Crippen MR) is 83.7 cm³/mol. The number of halogens is 1. The highest BCUT2D eigenvalue weighted by atomic mass is 79.9. The molecule has 1 aromatic heterocycles. The summed E-state index contributed by atoms with van der Waals surface area (Å²) in [6.45, 7) is 0.967. The van der Waals surface area contributed by atoms with Crippen LogP contribution in [0.4, 0.5) is 0 Å². The van der Waals surface area contributed by atoms with E-state index < -0.39 is 0 Å². The van der Waals surface area contributed by atoms with Crippen molar-refractivity contribution in [2.75, 3.05) is 0 Å². The van der Waals surface area contributed by atoms with Crippen LogP contribution in [0.15, 0.2) is 22.9 Å². The number of hydrogen-bond donors (Lipinski definition) is 1. The molecule has 2 heterocycles. The van der Waals surface area contributed by atoms with Gasteiger partial charge < -0.3 is 10.3 Å². The molecular formula is C16H18BrN3. The molecule has 4 heteroatoms. The van der Waals surface area contributed by atoms with Crippen LogP contribution in [-0.2, 0) is 25.8 Å². The van der Waals surface area contributed by atoms with Crippen molar-refractivity contribution in [1.82, 2.24) is 9.55 Å². The number of rotatable bonds is 1. The molecule has 1 aliphatic heterocycles. The van der Waals surface area contributed by atoms with E-state index in [4.69, 9.17) is 10.7 Å². The number of aromatic nitrogens is 2. The van der Waals surface area contributed by atoms with Crippen LogP contribution in [0.25, 0.3) is 11.3 Å². The predicted octanol–water partition coefficient (Wildman–Crippen LogP) is 3.07. The Labute approximate surface area is 127 Å². The molecule has 0 saturated carbocycles. The Kier molecular flexibility index (Phi) is 2.97. The second kappa shape index (κ2) is 4.71. The van der Waals surface area contributed by atoms with Gasteiger partial charge in [0.2, 0.25) is 0 Å². The summed E-state index contributed by atoms with van der Waals surface area (Å²) in [7, 11) is 0. The van der Waals surface area contributed by atoms with Gasteiger partial charge in [-0.3, -0.25) is 0 Å². The van der Waals surface area contributed by atoms with Crippen LogP contribution in [-0.4, -0.2) is 15.6 Å². The lowest BCUT2D eigenvalue weighted by molar-refractivity contribution is 0.467. The van der Waals surface area contributed by atoms with E-state index in [-0.39, 0.29) is 6.04 Å². The van der Waals surface area contributed by atoms with Gasteiger partial charge >= 0.3 is 0 Å². The van der Waals surface area contributed by atoms with Gasteiger partial charge in [0.1, 0.15) is 0 Å². The third-order valence-electron chi connectivity index (χ3n) is 4.58. The fourth-order valence-electron chi connectivity index (χ4n) is 3.49. The lowest BCUT2D eigenvalue weighted by atomic mass is 9.98. The lowest BCUT2D eigenvalue weighted by Gasteiger charge is -2.21. The smallest absolute Gasteiger partial charge is 0.177 e. The van der Waals surface area contributed by atoms with Gasteiger partial charge in [0.05, 0.1) is 5.69 Å². The number of imidazole rings is 1. The van der Waals surface area contributed by atoms with E-state index in [2.05, 4.69) is 38.7 Å². The Balaban J connectivity index is 1.83. The summed E-state index contributed by atoms with van der Waals surface area (Å²) in [6.07, 6.45) is 5.68. The zero-order chi connectivity index (χ0) is 13.7. The fraction of sp³-hybridized carbons (Fsp3) is 0.438.